The van der Waals surface area contributed by atoms with Gasteiger partial charge in [0.25, 0.3) is 0 Å². The predicted molar refractivity (Wildman–Crippen MR) is 64.8 cm³/mol. The molecule has 0 aliphatic carbocycles. The van der Waals surface area contributed by atoms with E-state index in [0.29, 0.717) is 11.5 Å². The number of ether oxygens (including phenoxy) is 2. The summed E-state index contributed by atoms with van der Waals surface area (Å²) in [5, 5.41) is 1.01. The van der Waals surface area contributed by atoms with E-state index in [0.717, 1.165) is 5.19 Å². The van der Waals surface area contributed by atoms with Gasteiger partial charge in [-0.15, -0.1) is 0 Å². The maximum Gasteiger partial charge on any atom is 0.368 e. The second kappa shape index (κ2) is 5.34. The van der Waals surface area contributed by atoms with Gasteiger partial charge in [-0.2, -0.15) is 0 Å². The lowest BCUT2D eigenvalue weighted by Crippen LogP contribution is -2.49. The summed E-state index contributed by atoms with van der Waals surface area (Å²) < 4.78 is 21.4. The van der Waals surface area contributed by atoms with Crippen LogP contribution in [-0.4, -0.2) is 37.0 Å². The molecule has 0 aliphatic heterocycles. The topological polar surface area (TPSA) is 36.9 Å². The average molecular weight is 242 g/mol. The van der Waals surface area contributed by atoms with E-state index < -0.39 is 8.56 Å². The maximum absolute atomic E-state index is 5.47. The second-order valence-electron chi connectivity index (χ2n) is 3.42. The molecule has 4 nitrogen and oxygen atoms in total. The van der Waals surface area contributed by atoms with Crippen molar-refractivity contribution < 1.29 is 18.3 Å². The molecule has 0 atom stereocenters. The summed E-state index contributed by atoms with van der Waals surface area (Å²) in [6.45, 7) is 1.98. The Morgan fingerprint density at radius 1 is 0.875 bits per heavy atom. The molecule has 1 aromatic carbocycles. The van der Waals surface area contributed by atoms with Gasteiger partial charge in [-0.25, -0.2) is 0 Å². The number of hydrogen-bond acceptors (Lipinski definition) is 4. The monoisotopic (exact) mass is 242 g/mol. The van der Waals surface area contributed by atoms with E-state index in [1.807, 2.05) is 24.7 Å². The molecule has 0 saturated carbocycles. The van der Waals surface area contributed by atoms with E-state index in [9.17, 15) is 0 Å². The fourth-order valence-corrected chi connectivity index (χ4v) is 2.86. The first-order chi connectivity index (χ1) is 7.61. The smallest absolute Gasteiger partial charge is 0.368 e. The van der Waals surface area contributed by atoms with Gasteiger partial charge in [0.05, 0.1) is 14.2 Å². The molecule has 0 unspecified atom stereocenters. The van der Waals surface area contributed by atoms with Crippen molar-refractivity contribution in [1.82, 2.24) is 0 Å². The van der Waals surface area contributed by atoms with Crippen molar-refractivity contribution in [1.29, 1.82) is 0 Å². The predicted octanol–water partition coefficient (Wildman–Crippen LogP) is 1.28. The van der Waals surface area contributed by atoms with Gasteiger partial charge < -0.3 is 18.3 Å². The van der Waals surface area contributed by atoms with Gasteiger partial charge in [0.2, 0.25) is 0 Å². The summed E-state index contributed by atoms with van der Waals surface area (Å²) in [6, 6.07) is 5.70. The molecule has 0 fully saturated rings. The van der Waals surface area contributed by atoms with Gasteiger partial charge >= 0.3 is 8.56 Å². The van der Waals surface area contributed by atoms with E-state index >= 15 is 0 Å². The Morgan fingerprint density at radius 2 is 1.44 bits per heavy atom. The second-order valence-corrected chi connectivity index (χ2v) is 6.71. The van der Waals surface area contributed by atoms with Gasteiger partial charge in [0.1, 0.15) is 0 Å². The Morgan fingerprint density at radius 3 is 1.88 bits per heavy atom. The lowest BCUT2D eigenvalue weighted by molar-refractivity contribution is 0.265. The van der Waals surface area contributed by atoms with Crippen LogP contribution in [0.5, 0.6) is 11.5 Å². The standard InChI is InChI=1S/C11H18O4Si/c1-12-10-7-6-9(8-11(10)13-2)16(5,14-3)15-4/h6-8H,1-5H3. The SMILES string of the molecule is COc1ccc([Si](C)(OC)OC)cc1OC. The van der Waals surface area contributed by atoms with Crippen LogP contribution in [0, 0.1) is 0 Å². The molecule has 0 N–H and O–H groups in total. The maximum atomic E-state index is 5.47. The number of methoxy groups -OCH3 is 2. The lowest BCUT2D eigenvalue weighted by Gasteiger charge is -2.23. The van der Waals surface area contributed by atoms with Gasteiger partial charge in [0, 0.05) is 14.2 Å². The molecule has 0 spiro atoms. The zero-order chi connectivity index (χ0) is 12.2. The third-order valence-electron chi connectivity index (χ3n) is 2.69. The Kier molecular flexibility index (Phi) is 4.34. The molecule has 0 bridgehead atoms. The molecule has 90 valence electrons. The first-order valence-electron chi connectivity index (χ1n) is 4.94. The highest BCUT2D eigenvalue weighted by Crippen LogP contribution is 2.25. The number of benzene rings is 1. The molecular formula is C11H18O4Si. The fraction of sp³-hybridized carbons (Fsp3) is 0.455. The molecule has 1 rings (SSSR count). The van der Waals surface area contributed by atoms with Crippen LogP contribution in [0.3, 0.4) is 0 Å². The molecular weight excluding hydrogens is 224 g/mol. The van der Waals surface area contributed by atoms with Crippen molar-refractivity contribution in [2.24, 2.45) is 0 Å². The van der Waals surface area contributed by atoms with Crippen LogP contribution in [0.15, 0.2) is 18.2 Å². The van der Waals surface area contributed by atoms with Gasteiger partial charge in [-0.05, 0) is 23.9 Å². The molecule has 0 aliphatic rings. The Hall–Kier alpha value is -1.04. The largest absolute Gasteiger partial charge is 0.493 e. The highest BCUT2D eigenvalue weighted by Gasteiger charge is 2.32. The van der Waals surface area contributed by atoms with E-state index in [4.69, 9.17) is 18.3 Å². The molecule has 1 aromatic rings. The Balaban J connectivity index is 3.16. The van der Waals surface area contributed by atoms with Crippen LogP contribution in [0.25, 0.3) is 0 Å². The highest BCUT2D eigenvalue weighted by molar-refractivity contribution is 6.79. The molecule has 0 heterocycles. The van der Waals surface area contributed by atoms with E-state index in [2.05, 4.69) is 0 Å². The van der Waals surface area contributed by atoms with Crippen molar-refractivity contribution in [2.45, 2.75) is 6.55 Å². The van der Waals surface area contributed by atoms with Crippen LogP contribution < -0.4 is 14.7 Å². The van der Waals surface area contributed by atoms with Crippen LogP contribution in [0.1, 0.15) is 0 Å². The molecule has 5 heteroatoms. The van der Waals surface area contributed by atoms with Crippen LogP contribution in [-0.2, 0) is 8.85 Å². The minimum Gasteiger partial charge on any atom is -0.493 e. The lowest BCUT2D eigenvalue weighted by atomic mass is 10.3. The summed E-state index contributed by atoms with van der Waals surface area (Å²) in [7, 11) is 4.25. The van der Waals surface area contributed by atoms with Gasteiger partial charge in [0.15, 0.2) is 11.5 Å². The average Bonchev–Trinajstić information content (AvgIpc) is 2.36. The van der Waals surface area contributed by atoms with Crippen LogP contribution in [0.2, 0.25) is 6.55 Å². The summed E-state index contributed by atoms with van der Waals surface area (Å²) >= 11 is 0. The summed E-state index contributed by atoms with van der Waals surface area (Å²) in [4.78, 5) is 0. The highest BCUT2D eigenvalue weighted by atomic mass is 28.4. The number of rotatable bonds is 5. The first kappa shape index (κ1) is 13.0. The van der Waals surface area contributed by atoms with Crippen molar-refractivity contribution >= 4 is 13.7 Å². The van der Waals surface area contributed by atoms with E-state index in [1.54, 1.807) is 28.4 Å². The van der Waals surface area contributed by atoms with E-state index in [1.165, 1.54) is 0 Å². The summed E-state index contributed by atoms with van der Waals surface area (Å²) in [5.41, 5.74) is 0. The zero-order valence-electron chi connectivity index (χ0n) is 10.4. The van der Waals surface area contributed by atoms with Crippen molar-refractivity contribution in [3.05, 3.63) is 18.2 Å². The van der Waals surface area contributed by atoms with Gasteiger partial charge in [-0.3, -0.25) is 0 Å². The van der Waals surface area contributed by atoms with Crippen LogP contribution >= 0.6 is 0 Å². The van der Waals surface area contributed by atoms with Crippen molar-refractivity contribution in [3.8, 4) is 11.5 Å². The Labute approximate surface area is 97.3 Å². The minimum atomic E-state index is -2.29. The summed E-state index contributed by atoms with van der Waals surface area (Å²) in [6.07, 6.45) is 0. The minimum absolute atomic E-state index is 0.688. The third kappa shape index (κ3) is 2.37. The van der Waals surface area contributed by atoms with Crippen LogP contribution in [0.4, 0.5) is 0 Å². The van der Waals surface area contributed by atoms with Gasteiger partial charge in [-0.1, -0.05) is 6.07 Å². The summed E-state index contributed by atoms with van der Waals surface area (Å²) in [5.74, 6) is 1.39. The number of hydrogen-bond donors (Lipinski definition) is 0. The molecule has 0 radical (unpaired) electrons. The molecule has 16 heavy (non-hydrogen) atoms. The first-order valence-corrected chi connectivity index (χ1v) is 7.25. The fourth-order valence-electron chi connectivity index (χ4n) is 1.44. The molecule has 0 saturated heterocycles. The quantitative estimate of drug-likeness (QED) is 0.729. The third-order valence-corrected chi connectivity index (χ3v) is 5.60. The van der Waals surface area contributed by atoms with Crippen molar-refractivity contribution in [3.63, 3.8) is 0 Å². The normalized spacial score (nSPS) is 11.3. The Bertz CT molecular complexity index is 350. The zero-order valence-corrected chi connectivity index (χ0v) is 11.4. The van der Waals surface area contributed by atoms with Crippen molar-refractivity contribution in [2.75, 3.05) is 28.4 Å². The molecule has 0 amide bonds. The molecule has 0 aromatic heterocycles. The van der Waals surface area contributed by atoms with E-state index in [-0.39, 0.29) is 0 Å².